The molecule has 21 heavy (non-hydrogen) atoms. The molecule has 1 rings (SSSR count). The van der Waals surface area contributed by atoms with E-state index in [2.05, 4.69) is 17.0 Å². The highest BCUT2D eigenvalue weighted by Gasteiger charge is 2.12. The molecule has 0 aliphatic rings. The van der Waals surface area contributed by atoms with Crippen molar-refractivity contribution in [3.8, 4) is 0 Å². The Kier molecular flexibility index (Phi) is 5.98. The van der Waals surface area contributed by atoms with Crippen LogP contribution in [0.15, 0.2) is 18.3 Å². The second-order valence-electron chi connectivity index (χ2n) is 5.12. The van der Waals surface area contributed by atoms with Crippen molar-refractivity contribution in [2.24, 2.45) is 0 Å². The van der Waals surface area contributed by atoms with E-state index < -0.39 is 0 Å². The van der Waals surface area contributed by atoms with Gasteiger partial charge in [-0.2, -0.15) is 0 Å². The van der Waals surface area contributed by atoms with E-state index in [1.165, 1.54) is 5.56 Å². The zero-order chi connectivity index (χ0) is 16.0. The number of aryl methyl sites for hydroxylation is 3. The van der Waals surface area contributed by atoms with Gasteiger partial charge in [-0.05, 0) is 33.3 Å². The second-order valence-corrected chi connectivity index (χ2v) is 5.12. The molecule has 0 spiro atoms. The fraction of sp³-hybridized carbons (Fsp3) is 0.412. The molecule has 0 atom stereocenters. The van der Waals surface area contributed by atoms with Crippen LogP contribution in [0.25, 0.3) is 10.5 Å². The minimum atomic E-state index is -0.294. The summed E-state index contributed by atoms with van der Waals surface area (Å²) >= 11 is 0. The lowest BCUT2D eigenvalue weighted by molar-refractivity contribution is -0.143. The van der Waals surface area contributed by atoms with Crippen LogP contribution in [0.3, 0.4) is 0 Å². The maximum Gasteiger partial charge on any atom is 0.325 e. The van der Waals surface area contributed by atoms with Crippen molar-refractivity contribution in [1.29, 1.82) is 0 Å². The summed E-state index contributed by atoms with van der Waals surface area (Å²) in [5, 5.41) is 0. The summed E-state index contributed by atoms with van der Waals surface area (Å²) in [5.74, 6) is -0.294. The number of benzene rings is 1. The van der Waals surface area contributed by atoms with Gasteiger partial charge in [0.05, 0.1) is 13.2 Å². The molecule has 0 aliphatic carbocycles. The average molecular weight is 286 g/mol. The van der Waals surface area contributed by atoms with E-state index in [0.29, 0.717) is 12.3 Å². The van der Waals surface area contributed by atoms with Crippen LogP contribution in [0.1, 0.15) is 29.2 Å². The maximum absolute atomic E-state index is 11.5. The monoisotopic (exact) mass is 286 g/mol. The number of carbonyl (C=O) groups excluding carboxylic acids is 1. The lowest BCUT2D eigenvalue weighted by Crippen LogP contribution is -2.23. The topological polar surface area (TPSA) is 33.9 Å². The van der Waals surface area contributed by atoms with Gasteiger partial charge in [0.15, 0.2) is 0 Å². The van der Waals surface area contributed by atoms with E-state index in [0.717, 1.165) is 16.7 Å². The fourth-order valence-corrected chi connectivity index (χ4v) is 2.40. The number of nitrogens with zero attached hydrogens (tertiary/aromatic N) is 2. The van der Waals surface area contributed by atoms with E-state index in [9.17, 15) is 4.79 Å². The average Bonchev–Trinajstić information content (AvgIpc) is 2.36. The van der Waals surface area contributed by atoms with Gasteiger partial charge >= 0.3 is 5.97 Å². The standard InChI is InChI=1S/C17H22N2O2/c1-7-21-16(20)11-19(6)10-15(18-5)17-13(3)8-12(2)9-14(17)4/h8-10H,7,11H2,1-4,6H3/b15-10-. The minimum Gasteiger partial charge on any atom is -0.465 e. The molecule has 0 N–H and O–H groups in total. The Morgan fingerprint density at radius 2 is 1.90 bits per heavy atom. The third-order valence-electron chi connectivity index (χ3n) is 3.08. The Morgan fingerprint density at radius 1 is 1.33 bits per heavy atom. The van der Waals surface area contributed by atoms with Crippen LogP contribution in [-0.2, 0) is 9.53 Å². The first-order chi connectivity index (χ1) is 9.88. The molecule has 0 saturated carbocycles. The van der Waals surface area contributed by atoms with Gasteiger partial charge in [0, 0.05) is 13.2 Å². The number of rotatable bonds is 5. The van der Waals surface area contributed by atoms with Gasteiger partial charge in [-0.25, -0.2) is 4.85 Å². The largest absolute Gasteiger partial charge is 0.465 e. The van der Waals surface area contributed by atoms with Crippen LogP contribution >= 0.6 is 0 Å². The second kappa shape index (κ2) is 7.49. The molecule has 0 fully saturated rings. The van der Waals surface area contributed by atoms with Crippen LogP contribution in [-0.4, -0.2) is 31.1 Å². The van der Waals surface area contributed by atoms with Gasteiger partial charge in [-0.1, -0.05) is 28.8 Å². The molecule has 0 unspecified atom stereocenters. The summed E-state index contributed by atoms with van der Waals surface area (Å²) in [7, 11) is 1.76. The smallest absolute Gasteiger partial charge is 0.325 e. The van der Waals surface area contributed by atoms with Gasteiger partial charge in [0.2, 0.25) is 5.70 Å². The molecule has 0 saturated heterocycles. The normalized spacial score (nSPS) is 11.0. The zero-order valence-electron chi connectivity index (χ0n) is 13.4. The lowest BCUT2D eigenvalue weighted by Gasteiger charge is -2.16. The Balaban J connectivity index is 3.06. The number of carbonyl (C=O) groups is 1. The predicted molar refractivity (Wildman–Crippen MR) is 84.5 cm³/mol. The summed E-state index contributed by atoms with van der Waals surface area (Å²) in [6.45, 7) is 15.7. The number of hydrogen-bond acceptors (Lipinski definition) is 3. The maximum atomic E-state index is 11.5. The highest BCUT2D eigenvalue weighted by molar-refractivity contribution is 5.76. The van der Waals surface area contributed by atoms with Gasteiger partial charge in [-0.15, -0.1) is 0 Å². The van der Waals surface area contributed by atoms with Gasteiger partial charge < -0.3 is 9.64 Å². The molecular weight excluding hydrogens is 264 g/mol. The Hall–Kier alpha value is -2.28. The molecule has 112 valence electrons. The summed E-state index contributed by atoms with van der Waals surface area (Å²) in [5.41, 5.74) is 4.79. The summed E-state index contributed by atoms with van der Waals surface area (Å²) in [6.07, 6.45) is 1.70. The van der Waals surface area contributed by atoms with Gasteiger partial charge in [-0.3, -0.25) is 4.79 Å². The first kappa shape index (κ1) is 16.8. The summed E-state index contributed by atoms with van der Waals surface area (Å²) in [4.78, 5) is 16.8. The molecule has 4 nitrogen and oxygen atoms in total. The fourth-order valence-electron chi connectivity index (χ4n) is 2.40. The zero-order valence-corrected chi connectivity index (χ0v) is 13.4. The van der Waals surface area contributed by atoms with E-state index >= 15 is 0 Å². The van der Waals surface area contributed by atoms with Crippen molar-refractivity contribution in [3.05, 3.63) is 52.0 Å². The van der Waals surface area contributed by atoms with Crippen LogP contribution < -0.4 is 0 Å². The first-order valence-electron chi connectivity index (χ1n) is 6.92. The highest BCUT2D eigenvalue weighted by atomic mass is 16.5. The van der Waals surface area contributed by atoms with Crippen molar-refractivity contribution in [1.82, 2.24) is 4.90 Å². The first-order valence-corrected chi connectivity index (χ1v) is 6.92. The van der Waals surface area contributed by atoms with E-state index in [1.807, 2.05) is 20.8 Å². The number of ether oxygens (including phenoxy) is 1. The molecule has 0 bridgehead atoms. The van der Waals surface area contributed by atoms with Crippen molar-refractivity contribution < 1.29 is 9.53 Å². The van der Waals surface area contributed by atoms with Crippen molar-refractivity contribution in [3.63, 3.8) is 0 Å². The SMILES string of the molecule is [C-]#[N+]/C(=C\N(C)CC(=O)OCC)c1c(C)cc(C)cc1C. The Morgan fingerprint density at radius 3 is 2.38 bits per heavy atom. The molecule has 0 aliphatic heterocycles. The van der Waals surface area contributed by atoms with Crippen molar-refractivity contribution in [2.75, 3.05) is 20.2 Å². The molecule has 4 heteroatoms. The molecule has 0 heterocycles. The number of hydrogen-bond donors (Lipinski definition) is 0. The van der Waals surface area contributed by atoms with Crippen molar-refractivity contribution >= 4 is 11.7 Å². The van der Waals surface area contributed by atoms with Gasteiger partial charge in [0.1, 0.15) is 6.54 Å². The van der Waals surface area contributed by atoms with Crippen LogP contribution in [0.5, 0.6) is 0 Å². The number of esters is 1. The Bertz CT molecular complexity index is 574. The summed E-state index contributed by atoms with van der Waals surface area (Å²) in [6, 6.07) is 4.12. The molecule has 1 aromatic rings. The van der Waals surface area contributed by atoms with E-state index in [1.54, 1.807) is 25.1 Å². The van der Waals surface area contributed by atoms with Crippen LogP contribution in [0, 0.1) is 27.3 Å². The molecule has 0 radical (unpaired) electrons. The number of likely N-dealkylation sites (N-methyl/N-ethyl adjacent to an activating group) is 1. The molecule has 1 aromatic carbocycles. The van der Waals surface area contributed by atoms with E-state index in [-0.39, 0.29) is 12.5 Å². The molecular formula is C17H22N2O2. The predicted octanol–water partition coefficient (Wildman–Crippen LogP) is 3.32. The minimum absolute atomic E-state index is 0.136. The molecule has 0 aromatic heterocycles. The molecule has 0 amide bonds. The Labute approximate surface area is 126 Å². The van der Waals surface area contributed by atoms with Crippen molar-refractivity contribution in [2.45, 2.75) is 27.7 Å². The van der Waals surface area contributed by atoms with E-state index in [4.69, 9.17) is 11.3 Å². The quantitative estimate of drug-likeness (QED) is 0.615. The summed E-state index contributed by atoms with van der Waals surface area (Å²) < 4.78 is 4.91. The van der Waals surface area contributed by atoms with Crippen LogP contribution in [0.4, 0.5) is 0 Å². The highest BCUT2D eigenvalue weighted by Crippen LogP contribution is 2.25. The lowest BCUT2D eigenvalue weighted by atomic mass is 9.98. The van der Waals surface area contributed by atoms with Crippen LogP contribution in [0.2, 0.25) is 0 Å². The third-order valence-corrected chi connectivity index (χ3v) is 3.08. The van der Waals surface area contributed by atoms with Gasteiger partial charge in [0.25, 0.3) is 0 Å². The third kappa shape index (κ3) is 4.64.